The second kappa shape index (κ2) is 6.13. The summed E-state index contributed by atoms with van der Waals surface area (Å²) in [5.74, 6) is -2.44. The van der Waals surface area contributed by atoms with Crippen molar-refractivity contribution in [1.82, 2.24) is 19.2 Å². The summed E-state index contributed by atoms with van der Waals surface area (Å²) in [5, 5.41) is 3.29. The zero-order chi connectivity index (χ0) is 18.3. The van der Waals surface area contributed by atoms with E-state index in [2.05, 4.69) is 5.10 Å². The molecule has 0 aromatic carbocycles. The molecule has 1 aromatic heterocycles. The zero-order valence-corrected chi connectivity index (χ0v) is 12.5. The SMILES string of the molecule is Cn1c(C(F)(F)F)nn(C2CCN(C(=O)CC(F)(F)F)CC2)c1=O. The number of piperidine rings is 1. The molecular weight excluding hydrogens is 346 g/mol. The van der Waals surface area contributed by atoms with Crippen LogP contribution in [0.5, 0.6) is 0 Å². The first-order chi connectivity index (χ1) is 10.9. The second-order valence-corrected chi connectivity index (χ2v) is 5.51. The fourth-order valence-corrected chi connectivity index (χ4v) is 2.58. The monoisotopic (exact) mass is 360 g/mol. The molecule has 2 heterocycles. The van der Waals surface area contributed by atoms with Gasteiger partial charge in [0.2, 0.25) is 11.7 Å². The van der Waals surface area contributed by atoms with Crippen molar-refractivity contribution in [3.8, 4) is 0 Å². The first kappa shape index (κ1) is 18.3. The predicted octanol–water partition coefficient (Wildman–Crippen LogP) is 1.72. The summed E-state index contributed by atoms with van der Waals surface area (Å²) in [5.41, 5.74) is -0.956. The molecule has 0 unspecified atom stereocenters. The van der Waals surface area contributed by atoms with Gasteiger partial charge in [-0.15, -0.1) is 5.10 Å². The summed E-state index contributed by atoms with van der Waals surface area (Å²) >= 11 is 0. The Kier molecular flexibility index (Phi) is 4.68. The highest BCUT2D eigenvalue weighted by atomic mass is 19.4. The van der Waals surface area contributed by atoms with Crippen LogP contribution in [0.2, 0.25) is 0 Å². The molecule has 1 fully saturated rings. The van der Waals surface area contributed by atoms with E-state index < -0.39 is 42.2 Å². The molecule has 1 saturated heterocycles. The van der Waals surface area contributed by atoms with E-state index in [1.807, 2.05) is 0 Å². The van der Waals surface area contributed by atoms with E-state index >= 15 is 0 Å². The highest BCUT2D eigenvalue weighted by molar-refractivity contribution is 5.76. The van der Waals surface area contributed by atoms with Crippen LogP contribution in [0, 0.1) is 0 Å². The van der Waals surface area contributed by atoms with Gasteiger partial charge in [0.15, 0.2) is 0 Å². The number of carbonyl (C=O) groups excluding carboxylic acids is 1. The minimum atomic E-state index is -4.79. The molecule has 0 saturated carbocycles. The van der Waals surface area contributed by atoms with Crippen LogP contribution in [-0.2, 0) is 18.0 Å². The molecule has 0 bridgehead atoms. The average molecular weight is 360 g/mol. The predicted molar refractivity (Wildman–Crippen MR) is 68.0 cm³/mol. The lowest BCUT2D eigenvalue weighted by Gasteiger charge is -2.31. The number of carbonyl (C=O) groups is 1. The van der Waals surface area contributed by atoms with Gasteiger partial charge in [-0.25, -0.2) is 9.48 Å². The van der Waals surface area contributed by atoms with Crippen LogP contribution in [0.1, 0.15) is 31.1 Å². The normalized spacial score (nSPS) is 17.4. The van der Waals surface area contributed by atoms with Crippen LogP contribution in [0.4, 0.5) is 26.3 Å². The molecule has 1 aliphatic rings. The topological polar surface area (TPSA) is 60.1 Å². The van der Waals surface area contributed by atoms with Crippen LogP contribution < -0.4 is 5.69 Å². The quantitative estimate of drug-likeness (QED) is 0.755. The Morgan fingerprint density at radius 1 is 1.17 bits per heavy atom. The molecular formula is C12H14F6N4O2. The van der Waals surface area contributed by atoms with Gasteiger partial charge >= 0.3 is 18.0 Å². The molecule has 1 aliphatic heterocycles. The lowest BCUT2D eigenvalue weighted by Crippen LogP contribution is -2.42. The van der Waals surface area contributed by atoms with Crippen molar-refractivity contribution in [2.45, 2.75) is 37.7 Å². The number of nitrogens with zero attached hydrogens (tertiary/aromatic N) is 4. The van der Waals surface area contributed by atoms with Crippen molar-refractivity contribution in [1.29, 1.82) is 0 Å². The third kappa shape index (κ3) is 3.90. The first-order valence-corrected chi connectivity index (χ1v) is 6.97. The smallest absolute Gasteiger partial charge is 0.342 e. The molecule has 0 N–H and O–H groups in total. The lowest BCUT2D eigenvalue weighted by atomic mass is 10.1. The number of likely N-dealkylation sites (tertiary alicyclic amines) is 1. The van der Waals surface area contributed by atoms with Crippen molar-refractivity contribution in [2.24, 2.45) is 7.05 Å². The van der Waals surface area contributed by atoms with E-state index in [4.69, 9.17) is 0 Å². The number of rotatable bonds is 2. The molecule has 12 heteroatoms. The van der Waals surface area contributed by atoms with Crippen molar-refractivity contribution in [3.05, 3.63) is 16.3 Å². The van der Waals surface area contributed by atoms with Crippen LogP contribution in [0.15, 0.2) is 4.79 Å². The van der Waals surface area contributed by atoms with Crippen molar-refractivity contribution in [3.63, 3.8) is 0 Å². The highest BCUT2D eigenvalue weighted by Gasteiger charge is 2.39. The van der Waals surface area contributed by atoms with E-state index in [1.54, 1.807) is 0 Å². The van der Waals surface area contributed by atoms with Gasteiger partial charge in [0.25, 0.3) is 0 Å². The summed E-state index contributed by atoms with van der Waals surface area (Å²) in [6, 6.07) is -0.699. The molecule has 1 aromatic rings. The number of halogens is 6. The largest absolute Gasteiger partial charge is 0.451 e. The minimum absolute atomic E-state index is 0.0534. The third-order valence-corrected chi connectivity index (χ3v) is 3.77. The molecule has 2 rings (SSSR count). The first-order valence-electron chi connectivity index (χ1n) is 6.97. The van der Waals surface area contributed by atoms with Crippen LogP contribution in [0.3, 0.4) is 0 Å². The Bertz CT molecular complexity index is 667. The van der Waals surface area contributed by atoms with Crippen molar-refractivity contribution < 1.29 is 31.1 Å². The summed E-state index contributed by atoms with van der Waals surface area (Å²) in [7, 11) is 0.941. The van der Waals surface area contributed by atoms with E-state index in [0.29, 0.717) is 9.25 Å². The number of alkyl halides is 6. The average Bonchev–Trinajstić information content (AvgIpc) is 2.73. The molecule has 1 amide bonds. The maximum atomic E-state index is 12.7. The Morgan fingerprint density at radius 3 is 2.12 bits per heavy atom. The summed E-state index contributed by atoms with van der Waals surface area (Å²) < 4.78 is 75.9. The maximum absolute atomic E-state index is 12.7. The number of hydrogen-bond acceptors (Lipinski definition) is 3. The lowest BCUT2D eigenvalue weighted by molar-refractivity contribution is -0.162. The molecule has 0 radical (unpaired) electrons. The fourth-order valence-electron chi connectivity index (χ4n) is 2.58. The number of hydrogen-bond donors (Lipinski definition) is 0. The van der Waals surface area contributed by atoms with Gasteiger partial charge in [-0.1, -0.05) is 0 Å². The van der Waals surface area contributed by atoms with Crippen LogP contribution in [0.25, 0.3) is 0 Å². The molecule has 136 valence electrons. The van der Waals surface area contributed by atoms with Gasteiger partial charge in [-0.2, -0.15) is 26.3 Å². The van der Waals surface area contributed by atoms with Gasteiger partial charge in [-0.05, 0) is 12.8 Å². The molecule has 0 atom stereocenters. The fraction of sp³-hybridized carbons (Fsp3) is 0.750. The molecule has 0 aliphatic carbocycles. The summed E-state index contributed by atoms with van der Waals surface area (Å²) in [4.78, 5) is 24.3. The molecule has 0 spiro atoms. The Labute approximate surface area is 131 Å². The number of amides is 1. The number of aromatic nitrogens is 3. The van der Waals surface area contributed by atoms with E-state index in [1.165, 1.54) is 0 Å². The highest BCUT2D eigenvalue weighted by Crippen LogP contribution is 2.28. The van der Waals surface area contributed by atoms with Gasteiger partial charge in [0.05, 0.1) is 6.04 Å². The van der Waals surface area contributed by atoms with Gasteiger partial charge in [0, 0.05) is 20.1 Å². The third-order valence-electron chi connectivity index (χ3n) is 3.77. The van der Waals surface area contributed by atoms with E-state index in [0.717, 1.165) is 11.9 Å². The van der Waals surface area contributed by atoms with Crippen molar-refractivity contribution in [2.75, 3.05) is 13.1 Å². The summed E-state index contributed by atoms with van der Waals surface area (Å²) in [6.07, 6.45) is -10.9. The standard InChI is InChI=1S/C12H14F6N4O2/c1-20-9(12(16,17)18)19-22(10(20)24)7-2-4-21(5-3-7)8(23)6-11(13,14)15/h7H,2-6H2,1H3. The zero-order valence-electron chi connectivity index (χ0n) is 12.5. The van der Waals surface area contributed by atoms with Gasteiger partial charge in [0.1, 0.15) is 6.42 Å². The van der Waals surface area contributed by atoms with Gasteiger partial charge < -0.3 is 4.90 Å². The van der Waals surface area contributed by atoms with Crippen LogP contribution >= 0.6 is 0 Å². The Balaban J connectivity index is 2.08. The molecule has 24 heavy (non-hydrogen) atoms. The minimum Gasteiger partial charge on any atom is -0.342 e. The van der Waals surface area contributed by atoms with Crippen molar-refractivity contribution >= 4 is 5.91 Å². The van der Waals surface area contributed by atoms with Crippen LogP contribution in [-0.4, -0.2) is 44.4 Å². The Hall–Kier alpha value is -2.01. The summed E-state index contributed by atoms with van der Waals surface area (Å²) in [6.45, 7) is -0.159. The second-order valence-electron chi connectivity index (χ2n) is 5.51. The molecule has 6 nitrogen and oxygen atoms in total. The van der Waals surface area contributed by atoms with E-state index in [9.17, 15) is 35.9 Å². The maximum Gasteiger partial charge on any atom is 0.451 e. The van der Waals surface area contributed by atoms with E-state index in [-0.39, 0.29) is 25.9 Å². The Morgan fingerprint density at radius 2 is 1.71 bits per heavy atom. The van der Waals surface area contributed by atoms with Gasteiger partial charge in [-0.3, -0.25) is 9.36 Å².